The summed E-state index contributed by atoms with van der Waals surface area (Å²) in [7, 11) is 1.96. The molecule has 0 bridgehead atoms. The second kappa shape index (κ2) is 7.33. The Labute approximate surface area is 162 Å². The standard InChI is InChI=1S/C23H20N2OS/c1-16-7-6-10-20-21(16)25(2)23(27-20)24-22(26)19-13-11-18(12-14-19)15-17-8-4-3-5-9-17/h3-14H,15H2,1-2H3. The molecule has 0 aliphatic carbocycles. The van der Waals surface area contributed by atoms with Crippen LogP contribution in [0.4, 0.5) is 0 Å². The Bertz CT molecular complexity index is 1170. The van der Waals surface area contributed by atoms with Gasteiger partial charge in [-0.2, -0.15) is 4.99 Å². The number of hydrogen-bond acceptors (Lipinski definition) is 2. The van der Waals surface area contributed by atoms with Gasteiger partial charge in [0.1, 0.15) is 0 Å². The lowest BCUT2D eigenvalue weighted by molar-refractivity contribution is 0.0998. The molecule has 0 N–H and O–H groups in total. The van der Waals surface area contributed by atoms with Crippen LogP contribution < -0.4 is 4.80 Å². The molecule has 1 amide bonds. The lowest BCUT2D eigenvalue weighted by atomic mass is 10.0. The fourth-order valence-corrected chi connectivity index (χ4v) is 4.35. The largest absolute Gasteiger partial charge is 0.319 e. The maximum absolute atomic E-state index is 12.6. The maximum atomic E-state index is 12.6. The minimum absolute atomic E-state index is 0.207. The third-order valence-corrected chi connectivity index (χ3v) is 5.77. The predicted molar refractivity (Wildman–Crippen MR) is 111 cm³/mol. The number of amides is 1. The van der Waals surface area contributed by atoms with Crippen LogP contribution in [0.25, 0.3) is 10.2 Å². The summed E-state index contributed by atoms with van der Waals surface area (Å²) in [6, 6.07) is 24.2. The highest BCUT2D eigenvalue weighted by Gasteiger charge is 2.08. The van der Waals surface area contributed by atoms with Gasteiger partial charge in [0.25, 0.3) is 5.91 Å². The van der Waals surface area contributed by atoms with Crippen molar-refractivity contribution >= 4 is 27.5 Å². The van der Waals surface area contributed by atoms with E-state index in [1.165, 1.54) is 16.7 Å². The van der Waals surface area contributed by atoms with Gasteiger partial charge in [-0.25, -0.2) is 0 Å². The number of aryl methyl sites for hydroxylation is 2. The average molecular weight is 372 g/mol. The van der Waals surface area contributed by atoms with Gasteiger partial charge in [-0.3, -0.25) is 4.79 Å². The Hall–Kier alpha value is -2.98. The Morgan fingerprint density at radius 2 is 1.63 bits per heavy atom. The van der Waals surface area contributed by atoms with E-state index in [2.05, 4.69) is 36.2 Å². The summed E-state index contributed by atoms with van der Waals surface area (Å²) in [5.41, 5.74) is 5.37. The first-order valence-electron chi connectivity index (χ1n) is 8.89. The molecule has 0 unspecified atom stereocenters. The van der Waals surface area contributed by atoms with Crippen molar-refractivity contribution in [3.63, 3.8) is 0 Å². The normalized spacial score (nSPS) is 11.9. The smallest absolute Gasteiger partial charge is 0.279 e. The first-order chi connectivity index (χ1) is 13.1. The Morgan fingerprint density at radius 1 is 0.926 bits per heavy atom. The molecule has 134 valence electrons. The van der Waals surface area contributed by atoms with E-state index in [-0.39, 0.29) is 5.91 Å². The number of para-hydroxylation sites is 1. The van der Waals surface area contributed by atoms with Crippen LogP contribution >= 0.6 is 11.3 Å². The van der Waals surface area contributed by atoms with Crippen molar-refractivity contribution < 1.29 is 4.79 Å². The zero-order valence-corrected chi connectivity index (χ0v) is 16.2. The number of rotatable bonds is 3. The first kappa shape index (κ1) is 17.4. The average Bonchev–Trinajstić information content (AvgIpc) is 3.00. The molecule has 3 nitrogen and oxygen atoms in total. The lowest BCUT2D eigenvalue weighted by Gasteiger charge is -2.03. The third-order valence-electron chi connectivity index (χ3n) is 4.67. The van der Waals surface area contributed by atoms with Crippen molar-refractivity contribution in [1.82, 2.24) is 4.57 Å². The van der Waals surface area contributed by atoms with Gasteiger partial charge in [0.15, 0.2) is 4.80 Å². The van der Waals surface area contributed by atoms with E-state index in [9.17, 15) is 4.79 Å². The quantitative estimate of drug-likeness (QED) is 0.505. The number of benzene rings is 3. The fourth-order valence-electron chi connectivity index (χ4n) is 3.25. The van der Waals surface area contributed by atoms with Gasteiger partial charge in [0.2, 0.25) is 0 Å². The van der Waals surface area contributed by atoms with Gasteiger partial charge in [-0.05, 0) is 48.2 Å². The molecule has 0 saturated carbocycles. The van der Waals surface area contributed by atoms with Crippen molar-refractivity contribution in [3.8, 4) is 0 Å². The number of nitrogens with zero attached hydrogens (tertiary/aromatic N) is 2. The zero-order chi connectivity index (χ0) is 18.8. The van der Waals surface area contributed by atoms with E-state index < -0.39 is 0 Å². The van der Waals surface area contributed by atoms with E-state index in [0.717, 1.165) is 21.4 Å². The van der Waals surface area contributed by atoms with Crippen LogP contribution in [0.1, 0.15) is 27.0 Å². The van der Waals surface area contributed by atoms with E-state index >= 15 is 0 Å². The summed E-state index contributed by atoms with van der Waals surface area (Å²) in [6.45, 7) is 2.08. The number of aromatic nitrogens is 1. The molecule has 3 aromatic carbocycles. The summed E-state index contributed by atoms with van der Waals surface area (Å²) in [4.78, 5) is 17.7. The molecular formula is C23H20N2OS. The number of thiazole rings is 1. The van der Waals surface area contributed by atoms with E-state index in [1.807, 2.05) is 60.1 Å². The molecule has 1 aromatic heterocycles. The number of carbonyl (C=O) groups excluding carboxylic acids is 1. The fraction of sp³-hybridized carbons (Fsp3) is 0.130. The minimum atomic E-state index is -0.207. The SMILES string of the molecule is Cc1cccc2sc(=NC(=O)c3ccc(Cc4ccccc4)cc3)n(C)c12. The zero-order valence-electron chi connectivity index (χ0n) is 15.3. The first-order valence-corrected chi connectivity index (χ1v) is 9.70. The molecule has 0 aliphatic rings. The molecule has 27 heavy (non-hydrogen) atoms. The summed E-state index contributed by atoms with van der Waals surface area (Å²) >= 11 is 1.54. The predicted octanol–water partition coefficient (Wildman–Crippen LogP) is 4.88. The summed E-state index contributed by atoms with van der Waals surface area (Å²) in [5, 5.41) is 0. The third kappa shape index (κ3) is 3.62. The van der Waals surface area contributed by atoms with Gasteiger partial charge >= 0.3 is 0 Å². The molecule has 0 saturated heterocycles. The number of fused-ring (bicyclic) bond motifs is 1. The topological polar surface area (TPSA) is 34.4 Å². The number of hydrogen-bond donors (Lipinski definition) is 0. The molecule has 0 fully saturated rings. The second-order valence-electron chi connectivity index (χ2n) is 6.64. The van der Waals surface area contributed by atoms with Crippen LogP contribution in [0.2, 0.25) is 0 Å². The monoisotopic (exact) mass is 372 g/mol. The summed E-state index contributed by atoms with van der Waals surface area (Å²) in [5.74, 6) is -0.207. The highest BCUT2D eigenvalue weighted by molar-refractivity contribution is 7.16. The van der Waals surface area contributed by atoms with E-state index in [0.29, 0.717) is 5.56 Å². The Balaban J connectivity index is 1.61. The van der Waals surface area contributed by atoms with Gasteiger partial charge in [0.05, 0.1) is 10.2 Å². The number of carbonyl (C=O) groups is 1. The molecule has 0 spiro atoms. The highest BCUT2D eigenvalue weighted by atomic mass is 32.1. The van der Waals surface area contributed by atoms with Crippen LogP contribution in [-0.2, 0) is 13.5 Å². The molecule has 0 aliphatic heterocycles. The Kier molecular flexibility index (Phi) is 4.73. The Morgan fingerprint density at radius 3 is 2.33 bits per heavy atom. The molecule has 1 heterocycles. The second-order valence-corrected chi connectivity index (χ2v) is 7.65. The van der Waals surface area contributed by atoms with Gasteiger partial charge in [-0.15, -0.1) is 0 Å². The van der Waals surface area contributed by atoms with E-state index in [4.69, 9.17) is 0 Å². The highest BCUT2D eigenvalue weighted by Crippen LogP contribution is 2.20. The van der Waals surface area contributed by atoms with Crippen molar-refractivity contribution in [2.24, 2.45) is 12.0 Å². The van der Waals surface area contributed by atoms with Gasteiger partial charge < -0.3 is 4.57 Å². The van der Waals surface area contributed by atoms with E-state index in [1.54, 1.807) is 11.3 Å². The molecule has 4 heteroatoms. The molecular weight excluding hydrogens is 352 g/mol. The lowest BCUT2D eigenvalue weighted by Crippen LogP contribution is -2.13. The van der Waals surface area contributed by atoms with Crippen LogP contribution in [0.15, 0.2) is 77.8 Å². The van der Waals surface area contributed by atoms with Crippen molar-refractivity contribution in [3.05, 3.63) is 99.9 Å². The van der Waals surface area contributed by atoms with Crippen LogP contribution in [0.5, 0.6) is 0 Å². The summed E-state index contributed by atoms with van der Waals surface area (Å²) in [6.07, 6.45) is 0.858. The minimum Gasteiger partial charge on any atom is -0.319 e. The molecule has 4 rings (SSSR count). The van der Waals surface area contributed by atoms with Crippen LogP contribution in [-0.4, -0.2) is 10.5 Å². The van der Waals surface area contributed by atoms with Crippen LogP contribution in [0, 0.1) is 6.92 Å². The molecule has 4 aromatic rings. The van der Waals surface area contributed by atoms with Crippen molar-refractivity contribution in [2.45, 2.75) is 13.3 Å². The van der Waals surface area contributed by atoms with Crippen LogP contribution in [0.3, 0.4) is 0 Å². The van der Waals surface area contributed by atoms with Crippen molar-refractivity contribution in [1.29, 1.82) is 0 Å². The molecule has 0 atom stereocenters. The maximum Gasteiger partial charge on any atom is 0.279 e. The van der Waals surface area contributed by atoms with Gasteiger partial charge in [0, 0.05) is 12.6 Å². The summed E-state index contributed by atoms with van der Waals surface area (Å²) < 4.78 is 3.14. The molecule has 0 radical (unpaired) electrons. The van der Waals surface area contributed by atoms with Crippen molar-refractivity contribution in [2.75, 3.05) is 0 Å². The van der Waals surface area contributed by atoms with Gasteiger partial charge in [-0.1, -0.05) is 65.9 Å².